The lowest BCUT2D eigenvalue weighted by Gasteiger charge is -2.05. The highest BCUT2D eigenvalue weighted by molar-refractivity contribution is 9.10. The van der Waals surface area contributed by atoms with Gasteiger partial charge in [0.2, 0.25) is 0 Å². The van der Waals surface area contributed by atoms with Crippen LogP contribution in [0.25, 0.3) is 5.65 Å². The Bertz CT molecular complexity index is 855. The van der Waals surface area contributed by atoms with Crippen LogP contribution in [0.5, 0.6) is 0 Å². The van der Waals surface area contributed by atoms with E-state index in [1.165, 1.54) is 11.1 Å². The van der Waals surface area contributed by atoms with Gasteiger partial charge in [0.05, 0.1) is 5.69 Å². The zero-order chi connectivity index (χ0) is 16.4. The summed E-state index contributed by atoms with van der Waals surface area (Å²) in [5.41, 5.74) is 5.05. The molecular weight excluding hydrogens is 371 g/mol. The van der Waals surface area contributed by atoms with E-state index in [0.717, 1.165) is 34.1 Å². The Morgan fingerprint density at radius 1 is 1.22 bits per heavy atom. The molecule has 1 aromatic carbocycles. The van der Waals surface area contributed by atoms with Gasteiger partial charge in [-0.25, -0.2) is 4.98 Å². The molecule has 2 aromatic heterocycles. The minimum atomic E-state index is 0.174. The number of halogens is 1. The summed E-state index contributed by atoms with van der Waals surface area (Å²) in [6.45, 7) is 4.11. The molecule has 1 unspecified atom stereocenters. The molecule has 23 heavy (non-hydrogen) atoms. The zero-order valence-electron chi connectivity index (χ0n) is 13.1. The fraction of sp³-hybridized carbons (Fsp3) is 0.222. The van der Waals surface area contributed by atoms with Gasteiger partial charge in [-0.15, -0.1) is 0 Å². The van der Waals surface area contributed by atoms with Gasteiger partial charge in [-0.05, 0) is 61.7 Å². The maximum Gasteiger partial charge on any atom is 0.199 e. The number of nitrogens with zero attached hydrogens (tertiary/aromatic N) is 2. The number of hydrogen-bond donors (Lipinski definition) is 0. The first-order chi connectivity index (χ1) is 11.1. The normalized spacial score (nSPS) is 11.6. The van der Waals surface area contributed by atoms with Gasteiger partial charge in [0.1, 0.15) is 11.3 Å². The van der Waals surface area contributed by atoms with Crippen LogP contribution in [0.2, 0.25) is 0 Å². The van der Waals surface area contributed by atoms with Crippen LogP contribution in [0.15, 0.2) is 47.1 Å². The summed E-state index contributed by atoms with van der Waals surface area (Å²) in [6, 6.07) is 12.3. The molecule has 3 rings (SSSR count). The van der Waals surface area contributed by atoms with E-state index >= 15 is 0 Å². The maximum atomic E-state index is 12.8. The van der Waals surface area contributed by atoms with E-state index in [4.69, 9.17) is 0 Å². The van der Waals surface area contributed by atoms with E-state index in [0.29, 0.717) is 0 Å². The second-order valence-corrected chi connectivity index (χ2v) is 7.58. The summed E-state index contributed by atoms with van der Waals surface area (Å²) in [5, 5.41) is 0. The molecule has 118 valence electrons. The molecule has 0 saturated heterocycles. The van der Waals surface area contributed by atoms with Gasteiger partial charge < -0.3 is 0 Å². The smallest absolute Gasteiger partial charge is 0.199 e. The topological polar surface area (TPSA) is 34.4 Å². The highest BCUT2D eigenvalue weighted by Gasteiger charge is 2.18. The SMILES string of the molecule is CCc1nc2ccc(Br)cn2c1C(=O)PCc1ccc(C)cc1. The standard InChI is InChI=1S/C18H18BrN2OP/c1-3-15-17(21-10-14(19)8-9-16(21)20-15)18(22)23-11-13-6-4-12(2)5-7-13/h4-10,23H,3,11H2,1-2H3. The number of pyridine rings is 1. The number of hydrogen-bond acceptors (Lipinski definition) is 2. The van der Waals surface area contributed by atoms with E-state index in [9.17, 15) is 4.79 Å². The number of benzene rings is 1. The Balaban J connectivity index is 1.87. The van der Waals surface area contributed by atoms with Crippen molar-refractivity contribution in [3.63, 3.8) is 0 Å². The first-order valence-corrected chi connectivity index (χ1v) is 9.58. The molecule has 0 N–H and O–H groups in total. The fourth-order valence-electron chi connectivity index (χ4n) is 2.53. The molecule has 5 heteroatoms. The predicted molar refractivity (Wildman–Crippen MR) is 99.8 cm³/mol. The predicted octanol–water partition coefficient (Wildman–Crippen LogP) is 4.99. The van der Waals surface area contributed by atoms with Gasteiger partial charge in [-0.1, -0.05) is 36.8 Å². The molecule has 0 spiro atoms. The Morgan fingerprint density at radius 3 is 2.65 bits per heavy atom. The fourth-order valence-corrected chi connectivity index (χ4v) is 3.90. The average Bonchev–Trinajstić information content (AvgIpc) is 2.91. The van der Waals surface area contributed by atoms with Crippen LogP contribution in [0.1, 0.15) is 34.2 Å². The third-order valence-corrected chi connectivity index (χ3v) is 5.39. The van der Waals surface area contributed by atoms with Crippen molar-refractivity contribution in [2.45, 2.75) is 26.4 Å². The Morgan fingerprint density at radius 2 is 1.96 bits per heavy atom. The molecule has 0 amide bonds. The molecule has 0 saturated carbocycles. The quantitative estimate of drug-likeness (QED) is 0.577. The van der Waals surface area contributed by atoms with Crippen molar-refractivity contribution in [2.75, 3.05) is 0 Å². The van der Waals surface area contributed by atoms with Gasteiger partial charge in [0.15, 0.2) is 5.52 Å². The van der Waals surface area contributed by atoms with E-state index in [1.807, 2.05) is 29.7 Å². The summed E-state index contributed by atoms with van der Waals surface area (Å²) in [5.74, 6) is 0. The van der Waals surface area contributed by atoms with Crippen LogP contribution in [-0.2, 0) is 12.6 Å². The number of rotatable bonds is 5. The monoisotopic (exact) mass is 388 g/mol. The van der Waals surface area contributed by atoms with E-state index in [1.54, 1.807) is 0 Å². The van der Waals surface area contributed by atoms with Crippen molar-refractivity contribution in [1.82, 2.24) is 9.38 Å². The first kappa shape index (κ1) is 16.4. The molecular formula is C18H18BrN2OP. The van der Waals surface area contributed by atoms with E-state index < -0.39 is 0 Å². The summed E-state index contributed by atoms with van der Waals surface area (Å²) in [4.78, 5) is 17.4. The lowest BCUT2D eigenvalue weighted by molar-refractivity contribution is 0.107. The number of fused-ring (bicyclic) bond motifs is 1. The highest BCUT2D eigenvalue weighted by Crippen LogP contribution is 2.28. The molecule has 3 aromatic rings. The average molecular weight is 389 g/mol. The van der Waals surface area contributed by atoms with Crippen LogP contribution < -0.4 is 0 Å². The van der Waals surface area contributed by atoms with Crippen molar-refractivity contribution in [3.05, 3.63) is 69.6 Å². The Labute approximate surface area is 146 Å². The van der Waals surface area contributed by atoms with Gasteiger partial charge in [-0.3, -0.25) is 9.20 Å². The van der Waals surface area contributed by atoms with Crippen molar-refractivity contribution in [2.24, 2.45) is 0 Å². The van der Waals surface area contributed by atoms with Crippen LogP contribution in [-0.4, -0.2) is 14.9 Å². The summed E-state index contributed by atoms with van der Waals surface area (Å²) < 4.78 is 2.86. The number of carbonyl (C=O) groups excluding carboxylic acids is 1. The molecule has 0 aliphatic heterocycles. The number of imidazole rings is 1. The summed E-state index contributed by atoms with van der Waals surface area (Å²) >= 11 is 3.47. The van der Waals surface area contributed by atoms with Crippen LogP contribution in [0, 0.1) is 6.92 Å². The molecule has 0 bridgehead atoms. The molecule has 0 radical (unpaired) electrons. The van der Waals surface area contributed by atoms with Crippen molar-refractivity contribution >= 4 is 35.7 Å². The minimum absolute atomic E-state index is 0.174. The highest BCUT2D eigenvalue weighted by atomic mass is 79.9. The molecule has 0 fully saturated rings. The van der Waals surface area contributed by atoms with E-state index in [2.05, 4.69) is 52.1 Å². The van der Waals surface area contributed by atoms with Crippen molar-refractivity contribution < 1.29 is 4.79 Å². The van der Waals surface area contributed by atoms with Crippen LogP contribution >= 0.6 is 24.5 Å². The van der Waals surface area contributed by atoms with Crippen molar-refractivity contribution in [1.29, 1.82) is 0 Å². The van der Waals surface area contributed by atoms with Crippen LogP contribution in [0.3, 0.4) is 0 Å². The zero-order valence-corrected chi connectivity index (χ0v) is 15.7. The van der Waals surface area contributed by atoms with Gasteiger partial charge in [0, 0.05) is 10.7 Å². The third kappa shape index (κ3) is 3.54. The second kappa shape index (κ2) is 6.94. The van der Waals surface area contributed by atoms with E-state index in [-0.39, 0.29) is 14.1 Å². The van der Waals surface area contributed by atoms with Crippen molar-refractivity contribution in [3.8, 4) is 0 Å². The molecule has 1 atom stereocenters. The lowest BCUT2D eigenvalue weighted by atomic mass is 10.2. The maximum absolute atomic E-state index is 12.8. The summed E-state index contributed by atoms with van der Waals surface area (Å²) in [7, 11) is 0.219. The largest absolute Gasteiger partial charge is 0.295 e. The minimum Gasteiger partial charge on any atom is -0.295 e. The van der Waals surface area contributed by atoms with Gasteiger partial charge >= 0.3 is 0 Å². The molecule has 3 nitrogen and oxygen atoms in total. The number of carbonyl (C=O) groups is 1. The molecule has 2 heterocycles. The molecule has 0 aliphatic rings. The Hall–Kier alpha value is -1.51. The van der Waals surface area contributed by atoms with Gasteiger partial charge in [-0.2, -0.15) is 0 Å². The third-order valence-electron chi connectivity index (χ3n) is 3.78. The van der Waals surface area contributed by atoms with Crippen LogP contribution in [0.4, 0.5) is 0 Å². The number of aryl methyl sites for hydroxylation is 2. The molecule has 0 aliphatic carbocycles. The Kier molecular flexibility index (Phi) is 4.93. The van der Waals surface area contributed by atoms with Gasteiger partial charge in [0.25, 0.3) is 0 Å². The summed E-state index contributed by atoms with van der Waals surface area (Å²) in [6.07, 6.45) is 3.46. The first-order valence-electron chi connectivity index (χ1n) is 7.58. The number of aromatic nitrogens is 2. The second-order valence-electron chi connectivity index (χ2n) is 5.50. The lowest BCUT2D eigenvalue weighted by Crippen LogP contribution is -2.02.